The molecule has 2 rings (SSSR count). The molecule has 0 spiro atoms. The summed E-state index contributed by atoms with van der Waals surface area (Å²) in [6, 6.07) is 4.74. The third-order valence-corrected chi connectivity index (χ3v) is 4.10. The number of H-pyrrole nitrogens is 1. The summed E-state index contributed by atoms with van der Waals surface area (Å²) >= 11 is 0. The normalized spacial score (nSPS) is 11.5. The number of aryl methyl sites for hydroxylation is 1. The molecule has 2 N–H and O–H groups in total. The Labute approximate surface area is 111 Å². The Morgan fingerprint density at radius 3 is 2.79 bits per heavy atom. The largest absolute Gasteiger partial charge is 0.496 e. The molecule has 0 atom stereocenters. The molecule has 1 aromatic heterocycles. The molecule has 0 aliphatic rings. The van der Waals surface area contributed by atoms with E-state index in [1.54, 1.807) is 38.6 Å². The zero-order valence-corrected chi connectivity index (χ0v) is 11.5. The van der Waals surface area contributed by atoms with Crippen molar-refractivity contribution in [2.75, 3.05) is 7.11 Å². The number of sulfonamides is 1. The van der Waals surface area contributed by atoms with Gasteiger partial charge in [0.2, 0.25) is 10.0 Å². The summed E-state index contributed by atoms with van der Waals surface area (Å²) in [5.74, 6) is 0.661. The van der Waals surface area contributed by atoms with Crippen molar-refractivity contribution in [1.29, 1.82) is 0 Å². The molecule has 0 unspecified atom stereocenters. The molecule has 102 valence electrons. The van der Waals surface area contributed by atoms with Crippen molar-refractivity contribution < 1.29 is 13.2 Å². The predicted octanol–water partition coefficient (Wildman–Crippen LogP) is 1.21. The standard InChI is InChI=1S/C12H15N3O3S/c1-9-5-11(3-4-12(9)18-2)19(16,17)15-8-10-6-13-14-7-10/h3-7,15H,8H2,1-2H3,(H,13,14). The first-order valence-corrected chi connectivity index (χ1v) is 7.13. The van der Waals surface area contributed by atoms with E-state index in [2.05, 4.69) is 14.9 Å². The van der Waals surface area contributed by atoms with E-state index in [9.17, 15) is 8.42 Å². The van der Waals surface area contributed by atoms with Gasteiger partial charge < -0.3 is 4.74 Å². The molecule has 7 heteroatoms. The Kier molecular flexibility index (Phi) is 3.87. The minimum atomic E-state index is -3.53. The number of aromatic amines is 1. The van der Waals surface area contributed by atoms with Crippen LogP contribution in [0.3, 0.4) is 0 Å². The van der Waals surface area contributed by atoms with Crippen LogP contribution in [0.4, 0.5) is 0 Å². The Morgan fingerprint density at radius 2 is 2.21 bits per heavy atom. The van der Waals surface area contributed by atoms with Crippen molar-refractivity contribution in [3.63, 3.8) is 0 Å². The van der Waals surface area contributed by atoms with E-state index in [4.69, 9.17) is 4.74 Å². The molecular formula is C12H15N3O3S. The van der Waals surface area contributed by atoms with Gasteiger partial charge in [-0.2, -0.15) is 5.10 Å². The molecule has 6 nitrogen and oxygen atoms in total. The van der Waals surface area contributed by atoms with Crippen LogP contribution in [-0.2, 0) is 16.6 Å². The van der Waals surface area contributed by atoms with E-state index in [1.165, 1.54) is 6.07 Å². The second kappa shape index (κ2) is 5.41. The molecule has 0 aliphatic heterocycles. The molecule has 0 fully saturated rings. The molecular weight excluding hydrogens is 266 g/mol. The van der Waals surface area contributed by atoms with E-state index in [0.717, 1.165) is 11.1 Å². The van der Waals surface area contributed by atoms with Crippen LogP contribution < -0.4 is 9.46 Å². The van der Waals surface area contributed by atoms with Gasteiger partial charge in [0.15, 0.2) is 0 Å². The highest BCUT2D eigenvalue weighted by Crippen LogP contribution is 2.21. The summed E-state index contributed by atoms with van der Waals surface area (Å²) in [5, 5.41) is 6.38. The maximum Gasteiger partial charge on any atom is 0.240 e. The molecule has 2 aromatic rings. The average Bonchev–Trinajstić information content (AvgIpc) is 2.89. The van der Waals surface area contributed by atoms with Gasteiger partial charge in [0.1, 0.15) is 5.75 Å². The third kappa shape index (κ3) is 3.12. The highest BCUT2D eigenvalue weighted by Gasteiger charge is 2.15. The lowest BCUT2D eigenvalue weighted by molar-refractivity contribution is 0.411. The van der Waals surface area contributed by atoms with Gasteiger partial charge in [0.05, 0.1) is 18.2 Å². The first-order chi connectivity index (χ1) is 9.03. The molecule has 0 aliphatic carbocycles. The highest BCUT2D eigenvalue weighted by atomic mass is 32.2. The van der Waals surface area contributed by atoms with Gasteiger partial charge in [0, 0.05) is 18.3 Å². The fourth-order valence-corrected chi connectivity index (χ4v) is 2.76. The van der Waals surface area contributed by atoms with Crippen molar-refractivity contribution in [3.8, 4) is 5.75 Å². The second-order valence-corrected chi connectivity index (χ2v) is 5.83. The molecule has 1 heterocycles. The number of nitrogens with one attached hydrogen (secondary N) is 2. The second-order valence-electron chi connectivity index (χ2n) is 4.06. The Hall–Kier alpha value is -1.86. The molecule has 1 aromatic carbocycles. The summed E-state index contributed by atoms with van der Waals surface area (Å²) in [5.41, 5.74) is 1.54. The van der Waals surface area contributed by atoms with E-state index in [0.29, 0.717) is 5.75 Å². The third-order valence-electron chi connectivity index (χ3n) is 2.70. The summed E-state index contributed by atoms with van der Waals surface area (Å²) in [7, 11) is -1.98. The van der Waals surface area contributed by atoms with Crippen LogP contribution in [-0.4, -0.2) is 25.7 Å². The van der Waals surface area contributed by atoms with Crippen LogP contribution in [0.5, 0.6) is 5.75 Å². The quantitative estimate of drug-likeness (QED) is 0.862. The maximum atomic E-state index is 12.1. The number of ether oxygens (including phenoxy) is 1. The van der Waals surface area contributed by atoms with Crippen LogP contribution in [0.1, 0.15) is 11.1 Å². The average molecular weight is 281 g/mol. The molecule has 0 saturated heterocycles. The first-order valence-electron chi connectivity index (χ1n) is 5.65. The molecule has 0 saturated carbocycles. The van der Waals surface area contributed by atoms with Crippen molar-refractivity contribution in [1.82, 2.24) is 14.9 Å². The fraction of sp³-hybridized carbons (Fsp3) is 0.250. The van der Waals surface area contributed by atoms with Crippen molar-refractivity contribution in [2.45, 2.75) is 18.4 Å². The molecule has 19 heavy (non-hydrogen) atoms. The predicted molar refractivity (Wildman–Crippen MR) is 70.3 cm³/mol. The smallest absolute Gasteiger partial charge is 0.240 e. The lowest BCUT2D eigenvalue weighted by Gasteiger charge is -2.09. The molecule has 0 bridgehead atoms. The number of methoxy groups -OCH3 is 1. The zero-order chi connectivity index (χ0) is 13.9. The van der Waals surface area contributed by atoms with Crippen molar-refractivity contribution >= 4 is 10.0 Å². The van der Waals surface area contributed by atoms with Gasteiger partial charge in [-0.05, 0) is 30.7 Å². The van der Waals surface area contributed by atoms with Crippen LogP contribution >= 0.6 is 0 Å². The number of rotatable bonds is 5. The van der Waals surface area contributed by atoms with Crippen LogP contribution in [0.25, 0.3) is 0 Å². The number of hydrogen-bond donors (Lipinski definition) is 2. The van der Waals surface area contributed by atoms with Gasteiger partial charge in [-0.25, -0.2) is 13.1 Å². The van der Waals surface area contributed by atoms with Gasteiger partial charge in [-0.3, -0.25) is 5.10 Å². The van der Waals surface area contributed by atoms with E-state index < -0.39 is 10.0 Å². The lowest BCUT2D eigenvalue weighted by atomic mass is 10.2. The van der Waals surface area contributed by atoms with Crippen molar-refractivity contribution in [2.24, 2.45) is 0 Å². The van der Waals surface area contributed by atoms with Gasteiger partial charge in [-0.15, -0.1) is 0 Å². The van der Waals surface area contributed by atoms with Gasteiger partial charge >= 0.3 is 0 Å². The van der Waals surface area contributed by atoms with Gasteiger partial charge in [0.25, 0.3) is 0 Å². The summed E-state index contributed by atoms with van der Waals surface area (Å²) in [6.07, 6.45) is 3.21. The molecule has 0 amide bonds. The SMILES string of the molecule is COc1ccc(S(=O)(=O)NCc2cn[nH]c2)cc1C. The zero-order valence-electron chi connectivity index (χ0n) is 10.7. The highest BCUT2D eigenvalue weighted by molar-refractivity contribution is 7.89. The van der Waals surface area contributed by atoms with E-state index in [1.807, 2.05) is 0 Å². The van der Waals surface area contributed by atoms with Crippen LogP contribution in [0, 0.1) is 6.92 Å². The van der Waals surface area contributed by atoms with Crippen LogP contribution in [0.2, 0.25) is 0 Å². The Morgan fingerprint density at radius 1 is 1.42 bits per heavy atom. The lowest BCUT2D eigenvalue weighted by Crippen LogP contribution is -2.23. The van der Waals surface area contributed by atoms with E-state index in [-0.39, 0.29) is 11.4 Å². The maximum absolute atomic E-state index is 12.1. The minimum absolute atomic E-state index is 0.198. The van der Waals surface area contributed by atoms with Crippen molar-refractivity contribution in [3.05, 3.63) is 41.7 Å². The monoisotopic (exact) mass is 281 g/mol. The number of nitrogens with zero attached hydrogens (tertiary/aromatic N) is 1. The minimum Gasteiger partial charge on any atom is -0.496 e. The summed E-state index contributed by atoms with van der Waals surface area (Å²) in [4.78, 5) is 0.217. The Bertz CT molecular complexity index is 651. The van der Waals surface area contributed by atoms with Gasteiger partial charge in [-0.1, -0.05) is 0 Å². The molecule has 0 radical (unpaired) electrons. The number of aromatic nitrogens is 2. The first kappa shape index (κ1) is 13.6. The number of hydrogen-bond acceptors (Lipinski definition) is 4. The number of benzene rings is 1. The topological polar surface area (TPSA) is 84.1 Å². The van der Waals surface area contributed by atoms with E-state index >= 15 is 0 Å². The fourth-order valence-electron chi connectivity index (χ4n) is 1.65. The summed E-state index contributed by atoms with van der Waals surface area (Å²) < 4.78 is 31.8. The summed E-state index contributed by atoms with van der Waals surface area (Å²) in [6.45, 7) is 2.00. The van der Waals surface area contributed by atoms with Crippen LogP contribution in [0.15, 0.2) is 35.5 Å². The Balaban J connectivity index is 2.17.